The van der Waals surface area contributed by atoms with E-state index in [9.17, 15) is 4.79 Å². The van der Waals surface area contributed by atoms with E-state index in [1.54, 1.807) is 6.92 Å². The van der Waals surface area contributed by atoms with Crippen LogP contribution in [0.4, 0.5) is 0 Å². The molecule has 0 spiro atoms. The molecule has 1 amide bonds. The van der Waals surface area contributed by atoms with Crippen LogP contribution >= 0.6 is 0 Å². The summed E-state index contributed by atoms with van der Waals surface area (Å²) in [5.74, 6) is 1.10. The van der Waals surface area contributed by atoms with Gasteiger partial charge in [0.2, 0.25) is 5.91 Å². The van der Waals surface area contributed by atoms with E-state index in [2.05, 4.69) is 53.4 Å². The van der Waals surface area contributed by atoms with E-state index in [1.807, 2.05) is 4.90 Å². The minimum Gasteiger partial charge on any atom is -0.361 e. The number of guanidine groups is 1. The molecule has 1 aromatic heterocycles. The number of amides is 1. The first-order chi connectivity index (χ1) is 12.6. The van der Waals surface area contributed by atoms with Gasteiger partial charge in [-0.05, 0) is 31.4 Å². The molecule has 1 fully saturated rings. The molecule has 2 N–H and O–H groups in total. The summed E-state index contributed by atoms with van der Waals surface area (Å²) in [4.78, 5) is 23.9. The Morgan fingerprint density at radius 2 is 1.96 bits per heavy atom. The molecule has 1 saturated heterocycles. The average molecular weight is 355 g/mol. The Kier molecular flexibility index (Phi) is 5.81. The smallest absolute Gasteiger partial charge is 0.219 e. The Balaban J connectivity index is 1.64. The van der Waals surface area contributed by atoms with E-state index >= 15 is 0 Å². The third-order valence-electron chi connectivity index (χ3n) is 5.01. The molecule has 1 aromatic carbocycles. The van der Waals surface area contributed by atoms with Gasteiger partial charge in [0.1, 0.15) is 0 Å². The highest BCUT2D eigenvalue weighted by Crippen LogP contribution is 2.21. The van der Waals surface area contributed by atoms with Crippen LogP contribution in [-0.4, -0.2) is 65.9 Å². The van der Waals surface area contributed by atoms with Gasteiger partial charge in [0.15, 0.2) is 5.96 Å². The van der Waals surface area contributed by atoms with Gasteiger partial charge in [-0.1, -0.05) is 18.2 Å². The van der Waals surface area contributed by atoms with Gasteiger partial charge in [-0.2, -0.15) is 0 Å². The van der Waals surface area contributed by atoms with Crippen molar-refractivity contribution in [2.24, 2.45) is 4.99 Å². The first kappa shape index (κ1) is 18.3. The van der Waals surface area contributed by atoms with Crippen LogP contribution in [0.5, 0.6) is 0 Å². The molecule has 3 rings (SSSR count). The predicted molar refractivity (Wildman–Crippen MR) is 107 cm³/mol. The molecule has 6 nitrogen and oxygen atoms in total. The topological polar surface area (TPSA) is 63.7 Å². The SMILES string of the molecule is CCNC(=NCCc1c[nH]c2c(C)cccc12)N1CCN(C(C)=O)CC1. The highest BCUT2D eigenvalue weighted by atomic mass is 16.2. The van der Waals surface area contributed by atoms with Crippen molar-refractivity contribution < 1.29 is 4.79 Å². The summed E-state index contributed by atoms with van der Waals surface area (Å²) in [6, 6.07) is 6.41. The van der Waals surface area contributed by atoms with Gasteiger partial charge in [0.05, 0.1) is 0 Å². The Labute approximate surface area is 155 Å². The molecule has 0 radical (unpaired) electrons. The second-order valence-electron chi connectivity index (χ2n) is 6.79. The zero-order valence-electron chi connectivity index (χ0n) is 16.0. The number of benzene rings is 1. The minimum absolute atomic E-state index is 0.154. The highest BCUT2D eigenvalue weighted by molar-refractivity contribution is 5.86. The van der Waals surface area contributed by atoms with Crippen molar-refractivity contribution in [3.05, 3.63) is 35.5 Å². The van der Waals surface area contributed by atoms with Gasteiger partial charge in [0, 0.05) is 63.3 Å². The average Bonchev–Trinajstić information content (AvgIpc) is 3.06. The zero-order chi connectivity index (χ0) is 18.5. The van der Waals surface area contributed by atoms with E-state index < -0.39 is 0 Å². The summed E-state index contributed by atoms with van der Waals surface area (Å²) < 4.78 is 0. The van der Waals surface area contributed by atoms with E-state index in [0.717, 1.165) is 51.6 Å². The number of H-pyrrole nitrogens is 1. The van der Waals surface area contributed by atoms with Crippen molar-refractivity contribution in [2.75, 3.05) is 39.3 Å². The summed E-state index contributed by atoms with van der Waals surface area (Å²) in [5.41, 5.74) is 3.80. The number of fused-ring (bicyclic) bond motifs is 1. The monoisotopic (exact) mass is 355 g/mol. The quantitative estimate of drug-likeness (QED) is 0.652. The second-order valence-corrected chi connectivity index (χ2v) is 6.79. The van der Waals surface area contributed by atoms with E-state index in [-0.39, 0.29) is 5.91 Å². The molecule has 140 valence electrons. The lowest BCUT2D eigenvalue weighted by Crippen LogP contribution is -2.53. The van der Waals surface area contributed by atoms with Crippen molar-refractivity contribution in [1.29, 1.82) is 0 Å². The fourth-order valence-electron chi connectivity index (χ4n) is 3.51. The summed E-state index contributed by atoms with van der Waals surface area (Å²) in [6.07, 6.45) is 3.01. The number of aromatic nitrogens is 1. The number of piperazine rings is 1. The number of hydrogen-bond acceptors (Lipinski definition) is 2. The third-order valence-corrected chi connectivity index (χ3v) is 5.01. The van der Waals surface area contributed by atoms with Crippen LogP contribution in [0.15, 0.2) is 29.4 Å². The molecule has 6 heteroatoms. The number of nitrogens with zero attached hydrogens (tertiary/aromatic N) is 3. The zero-order valence-corrected chi connectivity index (χ0v) is 16.0. The first-order valence-electron chi connectivity index (χ1n) is 9.44. The van der Waals surface area contributed by atoms with Gasteiger partial charge in [-0.3, -0.25) is 9.79 Å². The van der Waals surface area contributed by atoms with Crippen molar-refractivity contribution >= 4 is 22.8 Å². The summed E-state index contributed by atoms with van der Waals surface area (Å²) in [6.45, 7) is 10.6. The molecule has 26 heavy (non-hydrogen) atoms. The van der Waals surface area contributed by atoms with Crippen LogP contribution in [0.3, 0.4) is 0 Å². The second kappa shape index (κ2) is 8.25. The molecule has 1 aliphatic rings. The first-order valence-corrected chi connectivity index (χ1v) is 9.44. The van der Waals surface area contributed by atoms with Crippen LogP contribution in [0.1, 0.15) is 25.0 Å². The number of carbonyl (C=O) groups is 1. The highest BCUT2D eigenvalue weighted by Gasteiger charge is 2.20. The Bertz CT molecular complexity index is 787. The Morgan fingerprint density at radius 1 is 1.23 bits per heavy atom. The standard InChI is InChI=1S/C20H29N5O/c1-4-21-20(25-12-10-24(11-13-25)16(3)26)22-9-8-17-14-23-19-15(2)6-5-7-18(17)19/h5-7,14,23H,4,8-13H2,1-3H3,(H,21,22). The number of nitrogens with one attached hydrogen (secondary N) is 2. The largest absolute Gasteiger partial charge is 0.361 e. The van der Waals surface area contributed by atoms with E-state index in [4.69, 9.17) is 4.99 Å². The Morgan fingerprint density at radius 3 is 2.65 bits per heavy atom. The van der Waals surface area contributed by atoms with Crippen LogP contribution in [0.2, 0.25) is 0 Å². The van der Waals surface area contributed by atoms with Crippen molar-refractivity contribution in [2.45, 2.75) is 27.2 Å². The van der Waals surface area contributed by atoms with Gasteiger partial charge >= 0.3 is 0 Å². The van der Waals surface area contributed by atoms with Crippen LogP contribution in [0, 0.1) is 6.92 Å². The fraction of sp³-hybridized carbons (Fsp3) is 0.500. The van der Waals surface area contributed by atoms with Crippen molar-refractivity contribution in [3.63, 3.8) is 0 Å². The lowest BCUT2D eigenvalue weighted by atomic mass is 10.1. The molecule has 0 unspecified atom stereocenters. The number of para-hydroxylation sites is 1. The molecule has 0 bridgehead atoms. The van der Waals surface area contributed by atoms with Gasteiger partial charge in [-0.25, -0.2) is 0 Å². The number of hydrogen-bond donors (Lipinski definition) is 2. The summed E-state index contributed by atoms with van der Waals surface area (Å²) in [7, 11) is 0. The molecule has 0 atom stereocenters. The maximum absolute atomic E-state index is 11.5. The number of aryl methyl sites for hydroxylation is 1. The lowest BCUT2D eigenvalue weighted by Gasteiger charge is -2.36. The normalized spacial score (nSPS) is 15.6. The third kappa shape index (κ3) is 4.00. The molecule has 2 aromatic rings. The summed E-state index contributed by atoms with van der Waals surface area (Å²) in [5, 5.41) is 4.68. The lowest BCUT2D eigenvalue weighted by molar-refractivity contribution is -0.130. The molecule has 0 saturated carbocycles. The molecule has 1 aliphatic heterocycles. The predicted octanol–water partition coefficient (Wildman–Crippen LogP) is 2.15. The minimum atomic E-state index is 0.154. The van der Waals surface area contributed by atoms with Gasteiger partial charge < -0.3 is 20.1 Å². The van der Waals surface area contributed by atoms with Gasteiger partial charge in [0.25, 0.3) is 0 Å². The number of aliphatic imine (C=N–C) groups is 1. The molecular weight excluding hydrogens is 326 g/mol. The maximum Gasteiger partial charge on any atom is 0.219 e. The fourth-order valence-corrected chi connectivity index (χ4v) is 3.51. The van der Waals surface area contributed by atoms with E-state index in [0.29, 0.717) is 0 Å². The Hall–Kier alpha value is -2.50. The van der Waals surface area contributed by atoms with Gasteiger partial charge in [-0.15, -0.1) is 0 Å². The van der Waals surface area contributed by atoms with Crippen LogP contribution in [-0.2, 0) is 11.2 Å². The molecule has 2 heterocycles. The number of aromatic amines is 1. The van der Waals surface area contributed by atoms with Crippen molar-refractivity contribution in [3.8, 4) is 0 Å². The van der Waals surface area contributed by atoms with Crippen LogP contribution < -0.4 is 5.32 Å². The number of carbonyl (C=O) groups excluding carboxylic acids is 1. The molecule has 0 aliphatic carbocycles. The molecular formula is C20H29N5O. The van der Waals surface area contributed by atoms with Crippen LogP contribution in [0.25, 0.3) is 10.9 Å². The number of rotatable bonds is 4. The van der Waals surface area contributed by atoms with Crippen molar-refractivity contribution in [1.82, 2.24) is 20.1 Å². The van der Waals surface area contributed by atoms with E-state index in [1.165, 1.54) is 22.0 Å². The summed E-state index contributed by atoms with van der Waals surface area (Å²) >= 11 is 0. The maximum atomic E-state index is 11.5.